The number of ether oxygens (including phenoxy) is 1. The standard InChI is InChI=1S/C21H25F2NO/c22-17-21(25-16-18-8-2-1-3-9-18)13-6-7-14-24(21)15-12-19-10-4-5-11-20(19)23/h1-5,8-11H,6-7,12-17H2. The van der Waals surface area contributed by atoms with E-state index in [9.17, 15) is 8.78 Å². The van der Waals surface area contributed by atoms with Crippen molar-refractivity contribution in [3.05, 3.63) is 71.5 Å². The number of benzene rings is 2. The van der Waals surface area contributed by atoms with Crippen molar-refractivity contribution in [3.63, 3.8) is 0 Å². The number of hydrogen-bond donors (Lipinski definition) is 0. The summed E-state index contributed by atoms with van der Waals surface area (Å²) in [5.74, 6) is -0.199. The van der Waals surface area contributed by atoms with Crippen molar-refractivity contribution in [2.45, 2.75) is 38.0 Å². The summed E-state index contributed by atoms with van der Waals surface area (Å²) in [5.41, 5.74) is 0.818. The Labute approximate surface area is 148 Å². The SMILES string of the molecule is FCC1(OCc2ccccc2)CCCCN1CCc1ccccc1F. The molecule has 1 aliphatic heterocycles. The Kier molecular flexibility index (Phi) is 6.16. The van der Waals surface area contributed by atoms with Crippen LogP contribution in [0.15, 0.2) is 54.6 Å². The second-order valence-electron chi connectivity index (χ2n) is 6.64. The van der Waals surface area contributed by atoms with E-state index in [1.165, 1.54) is 6.07 Å². The lowest BCUT2D eigenvalue weighted by atomic mass is 9.97. The van der Waals surface area contributed by atoms with Gasteiger partial charge in [0.15, 0.2) is 5.72 Å². The lowest BCUT2D eigenvalue weighted by Crippen LogP contribution is -2.56. The first kappa shape index (κ1) is 18.0. The summed E-state index contributed by atoms with van der Waals surface area (Å²) in [4.78, 5) is 2.06. The van der Waals surface area contributed by atoms with Crippen LogP contribution in [0.3, 0.4) is 0 Å². The van der Waals surface area contributed by atoms with E-state index in [4.69, 9.17) is 4.74 Å². The summed E-state index contributed by atoms with van der Waals surface area (Å²) in [7, 11) is 0. The molecule has 2 aromatic rings. The molecule has 0 spiro atoms. The van der Waals surface area contributed by atoms with E-state index in [1.54, 1.807) is 12.1 Å². The molecule has 0 saturated carbocycles. The van der Waals surface area contributed by atoms with E-state index < -0.39 is 12.4 Å². The predicted octanol–water partition coefficient (Wildman–Crippen LogP) is 4.74. The van der Waals surface area contributed by atoms with Crippen LogP contribution < -0.4 is 0 Å². The summed E-state index contributed by atoms with van der Waals surface area (Å²) in [6, 6.07) is 16.6. The molecule has 2 nitrogen and oxygen atoms in total. The number of alkyl halides is 1. The maximum atomic E-state index is 14.1. The first-order chi connectivity index (χ1) is 12.2. The van der Waals surface area contributed by atoms with Crippen molar-refractivity contribution in [2.75, 3.05) is 19.8 Å². The molecule has 1 aliphatic rings. The average molecular weight is 345 g/mol. The highest BCUT2D eigenvalue weighted by molar-refractivity contribution is 5.18. The fourth-order valence-electron chi connectivity index (χ4n) is 3.48. The highest BCUT2D eigenvalue weighted by atomic mass is 19.1. The van der Waals surface area contributed by atoms with Crippen molar-refractivity contribution >= 4 is 0 Å². The van der Waals surface area contributed by atoms with Crippen LogP contribution in [0.5, 0.6) is 0 Å². The molecule has 2 aromatic carbocycles. The zero-order chi connectivity index (χ0) is 17.5. The van der Waals surface area contributed by atoms with Gasteiger partial charge in [-0.1, -0.05) is 48.5 Å². The van der Waals surface area contributed by atoms with Gasteiger partial charge in [0.1, 0.15) is 12.5 Å². The summed E-state index contributed by atoms with van der Waals surface area (Å²) in [6.45, 7) is 1.23. The maximum absolute atomic E-state index is 14.1. The zero-order valence-electron chi connectivity index (χ0n) is 14.5. The minimum atomic E-state index is -0.890. The fourth-order valence-corrected chi connectivity index (χ4v) is 3.48. The van der Waals surface area contributed by atoms with E-state index in [1.807, 2.05) is 36.4 Å². The minimum Gasteiger partial charge on any atom is -0.353 e. The second kappa shape index (κ2) is 8.54. The normalized spacial score (nSPS) is 21.4. The quantitative estimate of drug-likeness (QED) is 0.719. The van der Waals surface area contributed by atoms with Crippen LogP contribution in [-0.2, 0) is 17.8 Å². The van der Waals surface area contributed by atoms with Crippen LogP contribution in [-0.4, -0.2) is 30.4 Å². The molecule has 134 valence electrons. The fraction of sp³-hybridized carbons (Fsp3) is 0.429. The van der Waals surface area contributed by atoms with Crippen LogP contribution in [0.2, 0.25) is 0 Å². The molecule has 1 saturated heterocycles. The van der Waals surface area contributed by atoms with E-state index in [0.717, 1.165) is 24.9 Å². The highest BCUT2D eigenvalue weighted by Gasteiger charge is 2.40. The van der Waals surface area contributed by atoms with E-state index in [2.05, 4.69) is 4.90 Å². The minimum absolute atomic E-state index is 0.199. The number of nitrogens with zero attached hydrogens (tertiary/aromatic N) is 1. The molecule has 0 aliphatic carbocycles. The van der Waals surface area contributed by atoms with Gasteiger partial charge in [-0.25, -0.2) is 8.78 Å². The molecule has 3 rings (SSSR count). The molecule has 0 aromatic heterocycles. The Balaban J connectivity index is 1.67. The average Bonchev–Trinajstić information content (AvgIpc) is 2.67. The van der Waals surface area contributed by atoms with E-state index in [-0.39, 0.29) is 5.82 Å². The third kappa shape index (κ3) is 4.44. The first-order valence-corrected chi connectivity index (χ1v) is 8.96. The van der Waals surface area contributed by atoms with E-state index in [0.29, 0.717) is 31.6 Å². The highest BCUT2D eigenvalue weighted by Crippen LogP contribution is 2.31. The predicted molar refractivity (Wildman–Crippen MR) is 95.5 cm³/mol. The Morgan fingerprint density at radius 2 is 1.76 bits per heavy atom. The van der Waals surface area contributed by atoms with Gasteiger partial charge >= 0.3 is 0 Å². The molecule has 0 bridgehead atoms. The Morgan fingerprint density at radius 3 is 2.52 bits per heavy atom. The monoisotopic (exact) mass is 345 g/mol. The van der Waals surface area contributed by atoms with Gasteiger partial charge in [0, 0.05) is 13.1 Å². The van der Waals surface area contributed by atoms with Gasteiger partial charge in [0.25, 0.3) is 0 Å². The van der Waals surface area contributed by atoms with Crippen LogP contribution in [0.25, 0.3) is 0 Å². The summed E-state index contributed by atoms with van der Waals surface area (Å²) in [5, 5.41) is 0. The summed E-state index contributed by atoms with van der Waals surface area (Å²) in [6.07, 6.45) is 3.21. The molecule has 1 heterocycles. The van der Waals surface area contributed by atoms with Crippen molar-refractivity contribution in [2.24, 2.45) is 0 Å². The topological polar surface area (TPSA) is 12.5 Å². The van der Waals surface area contributed by atoms with Crippen LogP contribution in [0.1, 0.15) is 30.4 Å². The van der Waals surface area contributed by atoms with Gasteiger partial charge in [0.05, 0.1) is 6.61 Å². The van der Waals surface area contributed by atoms with Crippen molar-refractivity contribution < 1.29 is 13.5 Å². The molecule has 0 amide bonds. The number of likely N-dealkylation sites (tertiary alicyclic amines) is 1. The van der Waals surface area contributed by atoms with Crippen LogP contribution in [0.4, 0.5) is 8.78 Å². The van der Waals surface area contributed by atoms with Gasteiger partial charge in [-0.15, -0.1) is 0 Å². The molecule has 1 atom stereocenters. The van der Waals surface area contributed by atoms with Crippen LogP contribution >= 0.6 is 0 Å². The second-order valence-corrected chi connectivity index (χ2v) is 6.64. The maximum Gasteiger partial charge on any atom is 0.150 e. The Morgan fingerprint density at radius 1 is 1.00 bits per heavy atom. The third-order valence-corrected chi connectivity index (χ3v) is 4.99. The Bertz CT molecular complexity index is 664. The lowest BCUT2D eigenvalue weighted by Gasteiger charge is -2.45. The van der Waals surface area contributed by atoms with Gasteiger partial charge in [-0.2, -0.15) is 0 Å². The molecule has 0 N–H and O–H groups in total. The van der Waals surface area contributed by atoms with Gasteiger partial charge in [0.2, 0.25) is 0 Å². The molecular weight excluding hydrogens is 320 g/mol. The van der Waals surface area contributed by atoms with Gasteiger partial charge in [-0.05, 0) is 42.9 Å². The molecule has 1 unspecified atom stereocenters. The molecular formula is C21H25F2NO. The molecule has 25 heavy (non-hydrogen) atoms. The van der Waals surface area contributed by atoms with Crippen molar-refractivity contribution in [1.82, 2.24) is 4.90 Å². The molecule has 4 heteroatoms. The summed E-state index contributed by atoms with van der Waals surface area (Å²) < 4.78 is 34.0. The number of rotatable bonds is 7. The molecule has 0 radical (unpaired) electrons. The van der Waals surface area contributed by atoms with Crippen molar-refractivity contribution in [1.29, 1.82) is 0 Å². The van der Waals surface area contributed by atoms with Crippen molar-refractivity contribution in [3.8, 4) is 0 Å². The number of halogens is 2. The van der Waals surface area contributed by atoms with Gasteiger partial charge in [-0.3, -0.25) is 4.90 Å². The Hall–Kier alpha value is -1.78. The van der Waals surface area contributed by atoms with Crippen LogP contribution in [0, 0.1) is 5.82 Å². The molecule has 1 fully saturated rings. The first-order valence-electron chi connectivity index (χ1n) is 8.96. The van der Waals surface area contributed by atoms with Gasteiger partial charge < -0.3 is 4.74 Å². The zero-order valence-corrected chi connectivity index (χ0v) is 14.5. The number of hydrogen-bond acceptors (Lipinski definition) is 2. The third-order valence-electron chi connectivity index (χ3n) is 4.99. The summed E-state index contributed by atoms with van der Waals surface area (Å²) >= 11 is 0. The smallest absolute Gasteiger partial charge is 0.150 e. The largest absolute Gasteiger partial charge is 0.353 e. The lowest BCUT2D eigenvalue weighted by molar-refractivity contribution is -0.192. The number of piperidine rings is 1. The van der Waals surface area contributed by atoms with E-state index >= 15 is 0 Å².